The molecule has 1 saturated carbocycles. The SMILES string of the molecule is COc1cc(CN(CC(=O)N(Cc2ccco2)C2=CCCCC2)C2CC2)ccc1OC(F)F. The second-order valence-corrected chi connectivity index (χ2v) is 8.50. The molecule has 1 fully saturated rings. The molecular weight excluding hydrogens is 430 g/mol. The van der Waals surface area contributed by atoms with Crippen molar-refractivity contribution in [3.63, 3.8) is 0 Å². The van der Waals surface area contributed by atoms with Gasteiger partial charge >= 0.3 is 6.61 Å². The topological polar surface area (TPSA) is 55.2 Å². The number of rotatable bonds is 11. The van der Waals surface area contributed by atoms with Gasteiger partial charge in [-0.05, 0) is 68.4 Å². The summed E-state index contributed by atoms with van der Waals surface area (Å²) in [5.74, 6) is 1.05. The fourth-order valence-corrected chi connectivity index (χ4v) is 4.23. The van der Waals surface area contributed by atoms with Crippen molar-refractivity contribution in [1.82, 2.24) is 9.80 Å². The molecule has 8 heteroatoms. The Labute approximate surface area is 192 Å². The first-order chi connectivity index (χ1) is 16.0. The van der Waals surface area contributed by atoms with Crippen LogP contribution in [0.3, 0.4) is 0 Å². The van der Waals surface area contributed by atoms with Gasteiger partial charge in [0.15, 0.2) is 11.5 Å². The lowest BCUT2D eigenvalue weighted by molar-refractivity contribution is -0.131. The molecule has 0 radical (unpaired) electrons. The third-order valence-corrected chi connectivity index (χ3v) is 6.04. The lowest BCUT2D eigenvalue weighted by Crippen LogP contribution is -2.40. The second kappa shape index (κ2) is 10.8. The minimum atomic E-state index is -2.92. The van der Waals surface area contributed by atoms with Gasteiger partial charge in [-0.3, -0.25) is 9.69 Å². The van der Waals surface area contributed by atoms with Gasteiger partial charge in [0.25, 0.3) is 0 Å². The van der Waals surface area contributed by atoms with Gasteiger partial charge in [0.2, 0.25) is 5.91 Å². The molecule has 0 spiro atoms. The van der Waals surface area contributed by atoms with E-state index in [1.54, 1.807) is 18.4 Å². The van der Waals surface area contributed by atoms with Crippen molar-refractivity contribution >= 4 is 5.91 Å². The first-order valence-corrected chi connectivity index (χ1v) is 11.4. The van der Waals surface area contributed by atoms with Crippen LogP contribution in [0, 0.1) is 0 Å². The lowest BCUT2D eigenvalue weighted by atomic mass is 10.0. The summed E-state index contributed by atoms with van der Waals surface area (Å²) in [6.07, 6.45) is 9.96. The molecular formula is C25H30F2N2O4. The first-order valence-electron chi connectivity index (χ1n) is 11.4. The highest BCUT2D eigenvalue weighted by Gasteiger charge is 2.32. The molecule has 0 unspecified atom stereocenters. The maximum absolute atomic E-state index is 13.5. The van der Waals surface area contributed by atoms with Crippen LogP contribution < -0.4 is 9.47 Å². The molecule has 0 bridgehead atoms. The van der Waals surface area contributed by atoms with Crippen LogP contribution in [0.25, 0.3) is 0 Å². The number of alkyl halides is 2. The van der Waals surface area contributed by atoms with E-state index in [2.05, 4.69) is 15.7 Å². The highest BCUT2D eigenvalue weighted by atomic mass is 19.3. The highest BCUT2D eigenvalue weighted by Crippen LogP contribution is 2.33. The summed E-state index contributed by atoms with van der Waals surface area (Å²) in [5, 5.41) is 0. The van der Waals surface area contributed by atoms with E-state index in [9.17, 15) is 13.6 Å². The largest absolute Gasteiger partial charge is 0.493 e. The number of methoxy groups -OCH3 is 1. The van der Waals surface area contributed by atoms with Gasteiger partial charge in [-0.15, -0.1) is 0 Å². The zero-order valence-corrected chi connectivity index (χ0v) is 18.8. The van der Waals surface area contributed by atoms with Crippen LogP contribution in [0.4, 0.5) is 8.78 Å². The van der Waals surface area contributed by atoms with Crippen molar-refractivity contribution in [2.75, 3.05) is 13.7 Å². The Hall–Kier alpha value is -2.87. The molecule has 4 rings (SSSR count). The third-order valence-electron chi connectivity index (χ3n) is 6.04. The van der Waals surface area contributed by atoms with Crippen molar-refractivity contribution < 1.29 is 27.5 Å². The number of carbonyl (C=O) groups excluding carboxylic acids is 1. The lowest BCUT2D eigenvalue weighted by Gasteiger charge is -2.30. The molecule has 1 aromatic heterocycles. The number of allylic oxidation sites excluding steroid dienone is 2. The van der Waals surface area contributed by atoms with Gasteiger partial charge in [0.05, 0.1) is 26.5 Å². The van der Waals surface area contributed by atoms with Crippen LogP contribution in [0.2, 0.25) is 0 Å². The Morgan fingerprint density at radius 3 is 2.67 bits per heavy atom. The fourth-order valence-electron chi connectivity index (χ4n) is 4.23. The summed E-state index contributed by atoms with van der Waals surface area (Å²) in [7, 11) is 1.42. The standard InChI is InChI=1S/C25H30F2N2O4/c1-31-23-14-18(9-12-22(23)33-25(26)27)15-28(19-10-11-19)17-24(30)29(16-21-8-5-13-32-21)20-6-3-2-4-7-20/h5-6,8-9,12-14,19,25H,2-4,7,10-11,15-17H2,1H3. The van der Waals surface area contributed by atoms with E-state index in [1.807, 2.05) is 17.0 Å². The van der Waals surface area contributed by atoms with Crippen molar-refractivity contribution in [2.45, 2.75) is 64.3 Å². The van der Waals surface area contributed by atoms with Gasteiger partial charge in [0.1, 0.15) is 5.76 Å². The van der Waals surface area contributed by atoms with Crippen molar-refractivity contribution in [1.29, 1.82) is 0 Å². The first kappa shape index (κ1) is 23.3. The molecule has 1 heterocycles. The van der Waals surface area contributed by atoms with E-state index in [1.165, 1.54) is 13.2 Å². The summed E-state index contributed by atoms with van der Waals surface area (Å²) in [6.45, 7) is -1.70. The molecule has 2 aliphatic rings. The summed E-state index contributed by atoms with van der Waals surface area (Å²) in [4.78, 5) is 17.5. The number of hydrogen-bond donors (Lipinski definition) is 0. The Bertz CT molecular complexity index is 957. The monoisotopic (exact) mass is 460 g/mol. The molecule has 178 valence electrons. The van der Waals surface area contributed by atoms with Crippen LogP contribution in [0.15, 0.2) is 52.8 Å². The van der Waals surface area contributed by atoms with Crippen molar-refractivity contribution in [3.8, 4) is 11.5 Å². The minimum absolute atomic E-state index is 0.000781. The molecule has 0 N–H and O–H groups in total. The van der Waals surface area contributed by atoms with Crippen LogP contribution in [0.5, 0.6) is 11.5 Å². The number of amides is 1. The highest BCUT2D eigenvalue weighted by molar-refractivity contribution is 5.80. The predicted octanol–water partition coefficient (Wildman–Crippen LogP) is 5.34. The molecule has 1 amide bonds. The van der Waals surface area contributed by atoms with Gasteiger partial charge < -0.3 is 18.8 Å². The number of nitrogens with zero attached hydrogens (tertiary/aromatic N) is 2. The number of carbonyl (C=O) groups is 1. The number of halogens is 2. The Morgan fingerprint density at radius 2 is 2.03 bits per heavy atom. The zero-order chi connectivity index (χ0) is 23.2. The maximum Gasteiger partial charge on any atom is 0.387 e. The third kappa shape index (κ3) is 6.35. The molecule has 0 saturated heterocycles. The van der Waals surface area contributed by atoms with Gasteiger partial charge in [0, 0.05) is 18.3 Å². The maximum atomic E-state index is 13.5. The number of furan rings is 1. The van der Waals surface area contributed by atoms with Crippen LogP contribution >= 0.6 is 0 Å². The van der Waals surface area contributed by atoms with E-state index in [0.717, 1.165) is 55.5 Å². The average Bonchev–Trinajstić information content (AvgIpc) is 3.54. The van der Waals surface area contributed by atoms with Gasteiger partial charge in [-0.1, -0.05) is 12.1 Å². The molecule has 0 aliphatic heterocycles. The number of hydrogen-bond acceptors (Lipinski definition) is 5. The summed E-state index contributed by atoms with van der Waals surface area (Å²) in [5.41, 5.74) is 1.94. The number of benzene rings is 1. The van der Waals surface area contributed by atoms with E-state index in [-0.39, 0.29) is 24.0 Å². The summed E-state index contributed by atoms with van der Waals surface area (Å²) in [6, 6.07) is 8.98. The normalized spacial score (nSPS) is 16.1. The number of ether oxygens (including phenoxy) is 2. The van der Waals surface area contributed by atoms with E-state index >= 15 is 0 Å². The average molecular weight is 461 g/mol. The van der Waals surface area contributed by atoms with E-state index in [0.29, 0.717) is 19.1 Å². The van der Waals surface area contributed by atoms with E-state index < -0.39 is 6.61 Å². The summed E-state index contributed by atoms with van der Waals surface area (Å²) < 4.78 is 40.5. The zero-order valence-electron chi connectivity index (χ0n) is 18.8. The van der Waals surface area contributed by atoms with E-state index in [4.69, 9.17) is 9.15 Å². The Balaban J connectivity index is 1.48. The molecule has 1 aromatic carbocycles. The fraction of sp³-hybridized carbons (Fsp3) is 0.480. The van der Waals surface area contributed by atoms with Gasteiger partial charge in [-0.2, -0.15) is 8.78 Å². The van der Waals surface area contributed by atoms with Crippen LogP contribution in [-0.2, 0) is 17.9 Å². The minimum Gasteiger partial charge on any atom is -0.493 e. The predicted molar refractivity (Wildman–Crippen MR) is 119 cm³/mol. The second-order valence-electron chi connectivity index (χ2n) is 8.50. The smallest absolute Gasteiger partial charge is 0.387 e. The van der Waals surface area contributed by atoms with Crippen LogP contribution in [0.1, 0.15) is 49.8 Å². The molecule has 33 heavy (non-hydrogen) atoms. The van der Waals surface area contributed by atoms with Gasteiger partial charge in [-0.25, -0.2) is 0 Å². The summed E-state index contributed by atoms with van der Waals surface area (Å²) >= 11 is 0. The Morgan fingerprint density at radius 1 is 1.18 bits per heavy atom. The quantitative estimate of drug-likeness (QED) is 0.453. The molecule has 2 aliphatic carbocycles. The molecule has 0 atom stereocenters. The van der Waals surface area contributed by atoms with Crippen molar-refractivity contribution in [2.24, 2.45) is 0 Å². The molecule has 2 aromatic rings. The van der Waals surface area contributed by atoms with Crippen LogP contribution in [-0.4, -0.2) is 42.0 Å². The van der Waals surface area contributed by atoms with Crippen molar-refractivity contribution in [3.05, 3.63) is 59.7 Å². The Kier molecular flexibility index (Phi) is 7.65. The molecule has 6 nitrogen and oxygen atoms in total.